The van der Waals surface area contributed by atoms with Crippen molar-refractivity contribution >= 4 is 33.8 Å². The average molecular weight is 397 g/mol. The van der Waals surface area contributed by atoms with Crippen molar-refractivity contribution in [2.24, 2.45) is 0 Å². The second-order valence-electron chi connectivity index (χ2n) is 6.67. The smallest absolute Gasteiger partial charge is 0.0763 e. The zero-order chi connectivity index (χ0) is 18.8. The van der Waals surface area contributed by atoms with Gasteiger partial charge in [-0.2, -0.15) is 16.4 Å². The molecule has 4 rings (SSSR count). The summed E-state index contributed by atoms with van der Waals surface area (Å²) in [5.74, 6) is 0. The summed E-state index contributed by atoms with van der Waals surface area (Å²) in [5, 5.41) is 14.1. The number of nitrogens with zero attached hydrogens (tertiary/aromatic N) is 3. The number of aryl methyl sites for hydroxylation is 2. The first-order valence-corrected chi connectivity index (χ1v) is 10.3. The van der Waals surface area contributed by atoms with E-state index in [0.29, 0.717) is 5.02 Å². The molecule has 1 aromatic carbocycles. The van der Waals surface area contributed by atoms with Crippen LogP contribution in [-0.4, -0.2) is 21.3 Å². The summed E-state index contributed by atoms with van der Waals surface area (Å²) in [6, 6.07) is 12.3. The van der Waals surface area contributed by atoms with Gasteiger partial charge < -0.3 is 5.32 Å². The lowest BCUT2D eigenvalue weighted by Gasteiger charge is -2.12. The normalized spacial score (nSPS) is 11.4. The zero-order valence-electron chi connectivity index (χ0n) is 15.4. The van der Waals surface area contributed by atoms with Gasteiger partial charge in [0.05, 0.1) is 23.4 Å². The highest BCUT2D eigenvalue weighted by atomic mass is 35.5. The van der Waals surface area contributed by atoms with Crippen molar-refractivity contribution < 1.29 is 0 Å². The van der Waals surface area contributed by atoms with E-state index in [-0.39, 0.29) is 0 Å². The fourth-order valence-corrected chi connectivity index (χ4v) is 4.08. The van der Waals surface area contributed by atoms with Crippen LogP contribution in [0.1, 0.15) is 17.0 Å². The van der Waals surface area contributed by atoms with Gasteiger partial charge in [-0.05, 0) is 55.1 Å². The predicted octanol–water partition coefficient (Wildman–Crippen LogP) is 5.22. The molecule has 0 atom stereocenters. The van der Waals surface area contributed by atoms with Crippen molar-refractivity contribution in [2.75, 3.05) is 6.54 Å². The van der Waals surface area contributed by atoms with Gasteiger partial charge in [0.2, 0.25) is 0 Å². The molecule has 0 fully saturated rings. The van der Waals surface area contributed by atoms with E-state index in [1.165, 1.54) is 11.3 Å². The molecule has 0 aliphatic carbocycles. The Morgan fingerprint density at radius 3 is 2.78 bits per heavy atom. The molecule has 4 aromatic rings. The molecule has 0 aliphatic rings. The van der Waals surface area contributed by atoms with Crippen LogP contribution in [0.4, 0.5) is 0 Å². The highest BCUT2D eigenvalue weighted by Crippen LogP contribution is 2.28. The first kappa shape index (κ1) is 18.2. The molecule has 138 valence electrons. The van der Waals surface area contributed by atoms with Crippen LogP contribution in [0.2, 0.25) is 5.02 Å². The van der Waals surface area contributed by atoms with Gasteiger partial charge in [0.25, 0.3) is 0 Å². The highest BCUT2D eigenvalue weighted by molar-refractivity contribution is 7.08. The van der Waals surface area contributed by atoms with E-state index in [9.17, 15) is 0 Å². The number of hydrogen-bond donors (Lipinski definition) is 1. The third-order valence-electron chi connectivity index (χ3n) is 4.57. The minimum atomic E-state index is 0.710. The van der Waals surface area contributed by atoms with Gasteiger partial charge in [-0.1, -0.05) is 17.7 Å². The first-order valence-electron chi connectivity index (χ1n) is 8.94. The van der Waals surface area contributed by atoms with Crippen LogP contribution in [0.15, 0.2) is 47.2 Å². The minimum absolute atomic E-state index is 0.710. The lowest BCUT2D eigenvalue weighted by atomic mass is 10.1. The maximum absolute atomic E-state index is 6.15. The van der Waals surface area contributed by atoms with Crippen LogP contribution in [0.25, 0.3) is 22.2 Å². The van der Waals surface area contributed by atoms with Crippen LogP contribution in [0.3, 0.4) is 0 Å². The van der Waals surface area contributed by atoms with E-state index in [4.69, 9.17) is 16.6 Å². The molecule has 0 aliphatic heterocycles. The number of halogens is 1. The van der Waals surface area contributed by atoms with Crippen LogP contribution in [-0.2, 0) is 13.1 Å². The molecule has 3 heterocycles. The van der Waals surface area contributed by atoms with E-state index in [1.54, 1.807) is 11.3 Å². The number of fused-ring (bicyclic) bond motifs is 1. The molecule has 27 heavy (non-hydrogen) atoms. The average Bonchev–Trinajstić information content (AvgIpc) is 3.28. The van der Waals surface area contributed by atoms with Gasteiger partial charge in [-0.25, -0.2) is 4.98 Å². The third kappa shape index (κ3) is 4.05. The Morgan fingerprint density at radius 1 is 1.15 bits per heavy atom. The summed E-state index contributed by atoms with van der Waals surface area (Å²) in [4.78, 5) is 4.90. The van der Waals surface area contributed by atoms with Crippen LogP contribution >= 0.6 is 22.9 Å². The Hall–Kier alpha value is -2.21. The van der Waals surface area contributed by atoms with E-state index in [2.05, 4.69) is 46.3 Å². The minimum Gasteiger partial charge on any atom is -0.311 e. The lowest BCUT2D eigenvalue weighted by molar-refractivity contribution is 0.542. The van der Waals surface area contributed by atoms with Gasteiger partial charge in [-0.3, -0.25) is 4.68 Å². The summed E-state index contributed by atoms with van der Waals surface area (Å²) in [5.41, 5.74) is 6.54. The first-order chi connectivity index (χ1) is 13.1. The Kier molecular flexibility index (Phi) is 5.25. The number of nitrogens with one attached hydrogen (secondary N) is 1. The number of pyridine rings is 1. The van der Waals surface area contributed by atoms with Crippen LogP contribution in [0.5, 0.6) is 0 Å². The number of benzene rings is 1. The highest BCUT2D eigenvalue weighted by Gasteiger charge is 2.10. The lowest BCUT2D eigenvalue weighted by Crippen LogP contribution is -2.21. The van der Waals surface area contributed by atoms with Gasteiger partial charge in [0, 0.05) is 40.1 Å². The molecule has 0 bridgehead atoms. The third-order valence-corrected chi connectivity index (χ3v) is 5.49. The van der Waals surface area contributed by atoms with Crippen molar-refractivity contribution in [1.82, 2.24) is 20.1 Å². The van der Waals surface area contributed by atoms with Crippen molar-refractivity contribution in [3.8, 4) is 11.3 Å². The predicted molar refractivity (Wildman–Crippen MR) is 113 cm³/mol. The van der Waals surface area contributed by atoms with E-state index in [1.807, 2.05) is 29.8 Å². The molecule has 6 heteroatoms. The molecule has 4 nitrogen and oxygen atoms in total. The molecule has 0 radical (unpaired) electrons. The summed E-state index contributed by atoms with van der Waals surface area (Å²) in [6.07, 6.45) is 0. The van der Waals surface area contributed by atoms with E-state index in [0.717, 1.165) is 47.5 Å². The molecule has 1 N–H and O–H groups in total. The summed E-state index contributed by atoms with van der Waals surface area (Å²) in [6.45, 7) is 6.58. The number of hydrogen-bond acceptors (Lipinski definition) is 4. The second kappa shape index (κ2) is 7.80. The van der Waals surface area contributed by atoms with Crippen LogP contribution < -0.4 is 5.32 Å². The maximum atomic E-state index is 6.15. The van der Waals surface area contributed by atoms with Crippen molar-refractivity contribution in [3.63, 3.8) is 0 Å². The maximum Gasteiger partial charge on any atom is 0.0763 e. The zero-order valence-corrected chi connectivity index (χ0v) is 16.9. The fraction of sp³-hybridized carbons (Fsp3) is 0.238. The van der Waals surface area contributed by atoms with Crippen LogP contribution in [0, 0.1) is 13.8 Å². The molecular weight excluding hydrogens is 376 g/mol. The summed E-state index contributed by atoms with van der Waals surface area (Å²) >= 11 is 7.84. The van der Waals surface area contributed by atoms with Gasteiger partial charge in [0.15, 0.2) is 0 Å². The molecule has 0 unspecified atom stereocenters. The molecule has 0 amide bonds. The molecular formula is C21H21ClN4S. The number of aromatic nitrogens is 3. The Labute approximate surface area is 167 Å². The molecule has 3 aromatic heterocycles. The number of thiophene rings is 1. The van der Waals surface area contributed by atoms with Crippen molar-refractivity contribution in [1.29, 1.82) is 0 Å². The Bertz CT molecular complexity index is 1070. The monoisotopic (exact) mass is 396 g/mol. The topological polar surface area (TPSA) is 42.7 Å². The standard InChI is InChI=1S/C21H21ClN4S/c1-14-9-15(2)26(25-14)7-6-23-12-18-10-16-3-4-19(22)11-20(16)24-21(18)17-5-8-27-13-17/h3-5,8-11,13,23H,6-7,12H2,1-2H3. The molecule has 0 saturated carbocycles. The molecule has 0 spiro atoms. The summed E-state index contributed by atoms with van der Waals surface area (Å²) in [7, 11) is 0. The second-order valence-corrected chi connectivity index (χ2v) is 7.89. The van der Waals surface area contributed by atoms with Gasteiger partial charge in [-0.15, -0.1) is 0 Å². The summed E-state index contributed by atoms with van der Waals surface area (Å²) < 4.78 is 2.04. The van der Waals surface area contributed by atoms with Gasteiger partial charge in [0.1, 0.15) is 0 Å². The Balaban J connectivity index is 1.55. The van der Waals surface area contributed by atoms with E-state index >= 15 is 0 Å². The molecule has 0 saturated heterocycles. The fourth-order valence-electron chi connectivity index (χ4n) is 3.28. The van der Waals surface area contributed by atoms with Crippen molar-refractivity contribution in [3.05, 3.63) is 69.1 Å². The Morgan fingerprint density at radius 2 is 2.04 bits per heavy atom. The quantitative estimate of drug-likeness (QED) is 0.454. The largest absolute Gasteiger partial charge is 0.311 e. The number of rotatable bonds is 6. The van der Waals surface area contributed by atoms with Crippen molar-refractivity contribution in [2.45, 2.75) is 26.9 Å². The van der Waals surface area contributed by atoms with E-state index < -0.39 is 0 Å². The van der Waals surface area contributed by atoms with Gasteiger partial charge >= 0.3 is 0 Å². The SMILES string of the molecule is Cc1cc(C)n(CCNCc2cc3ccc(Cl)cc3nc2-c2ccsc2)n1.